The monoisotopic (exact) mass is 211 g/mol. The molecule has 1 rings (SSSR count). The summed E-state index contributed by atoms with van der Waals surface area (Å²) in [6.45, 7) is 4.70. The highest BCUT2D eigenvalue weighted by Gasteiger charge is 2.11. The van der Waals surface area contributed by atoms with E-state index in [0.717, 1.165) is 5.82 Å². The molecule has 0 atom stereocenters. The highest BCUT2D eigenvalue weighted by atomic mass is 16.3. The Labute approximate surface area is 89.1 Å². The normalized spacial score (nSPS) is 10.5. The van der Waals surface area contributed by atoms with E-state index in [1.54, 1.807) is 6.07 Å². The molecule has 15 heavy (non-hydrogen) atoms. The third-order valence-electron chi connectivity index (χ3n) is 2.06. The molecule has 0 aliphatic rings. The van der Waals surface area contributed by atoms with Gasteiger partial charge in [-0.25, -0.2) is 15.8 Å². The van der Waals surface area contributed by atoms with Crippen molar-refractivity contribution in [2.24, 2.45) is 5.84 Å². The summed E-state index contributed by atoms with van der Waals surface area (Å²) in [7, 11) is 0. The molecule has 0 spiro atoms. The molecule has 0 aliphatic carbocycles. The molecular formula is C9H17N5O. The molecule has 84 valence electrons. The molecule has 0 saturated carbocycles. The summed E-state index contributed by atoms with van der Waals surface area (Å²) >= 11 is 0. The maximum atomic E-state index is 8.95. The number of nitrogens with zero attached hydrogens (tertiary/aromatic N) is 3. The lowest BCUT2D eigenvalue weighted by Gasteiger charge is -2.26. The highest BCUT2D eigenvalue weighted by molar-refractivity contribution is 5.48. The molecule has 0 saturated heterocycles. The van der Waals surface area contributed by atoms with Crippen LogP contribution in [0.3, 0.4) is 0 Å². The minimum atomic E-state index is 0.0908. The average molecular weight is 211 g/mol. The number of rotatable bonds is 5. The summed E-state index contributed by atoms with van der Waals surface area (Å²) in [6, 6.07) is 2.01. The van der Waals surface area contributed by atoms with Crippen LogP contribution in [0.25, 0.3) is 0 Å². The van der Waals surface area contributed by atoms with Gasteiger partial charge >= 0.3 is 0 Å². The van der Waals surface area contributed by atoms with E-state index >= 15 is 0 Å². The fourth-order valence-electron chi connectivity index (χ4n) is 1.33. The van der Waals surface area contributed by atoms with Crippen molar-refractivity contribution in [2.45, 2.75) is 19.9 Å². The molecular weight excluding hydrogens is 194 g/mol. The van der Waals surface area contributed by atoms with Gasteiger partial charge in [-0.15, -0.1) is 0 Å². The van der Waals surface area contributed by atoms with Crippen LogP contribution in [-0.2, 0) is 0 Å². The molecule has 1 aromatic rings. The second-order valence-electron chi connectivity index (χ2n) is 3.42. The Morgan fingerprint density at radius 1 is 1.53 bits per heavy atom. The van der Waals surface area contributed by atoms with Crippen molar-refractivity contribution in [1.82, 2.24) is 9.97 Å². The number of hydrogen-bond acceptors (Lipinski definition) is 6. The zero-order valence-electron chi connectivity index (χ0n) is 9.01. The molecule has 1 aromatic heterocycles. The van der Waals surface area contributed by atoms with Crippen LogP contribution >= 0.6 is 0 Å². The maximum Gasteiger partial charge on any atom is 0.145 e. The van der Waals surface area contributed by atoms with Crippen LogP contribution in [-0.4, -0.2) is 34.3 Å². The minimum absolute atomic E-state index is 0.0908. The minimum Gasteiger partial charge on any atom is -0.395 e. The van der Waals surface area contributed by atoms with E-state index in [1.165, 1.54) is 6.33 Å². The third kappa shape index (κ3) is 3.03. The van der Waals surface area contributed by atoms with Crippen LogP contribution in [0.5, 0.6) is 0 Å². The molecule has 0 unspecified atom stereocenters. The van der Waals surface area contributed by atoms with Gasteiger partial charge in [0.2, 0.25) is 0 Å². The summed E-state index contributed by atoms with van der Waals surface area (Å²) in [5.74, 6) is 6.57. The van der Waals surface area contributed by atoms with E-state index in [4.69, 9.17) is 10.9 Å². The van der Waals surface area contributed by atoms with Crippen LogP contribution in [0.15, 0.2) is 12.4 Å². The highest BCUT2D eigenvalue weighted by Crippen LogP contribution is 2.15. The first-order valence-corrected chi connectivity index (χ1v) is 4.85. The summed E-state index contributed by atoms with van der Waals surface area (Å²) in [5, 5.41) is 8.95. The number of anilines is 2. The lowest BCUT2D eigenvalue weighted by molar-refractivity contribution is 0.298. The van der Waals surface area contributed by atoms with Gasteiger partial charge in [0.15, 0.2) is 0 Å². The van der Waals surface area contributed by atoms with E-state index in [2.05, 4.69) is 15.4 Å². The number of aliphatic hydroxyl groups excluding tert-OH is 1. The molecule has 0 radical (unpaired) electrons. The van der Waals surface area contributed by atoms with E-state index in [9.17, 15) is 0 Å². The smallest absolute Gasteiger partial charge is 0.145 e. The predicted octanol–water partition coefficient (Wildman–Crippen LogP) is -0.0307. The van der Waals surface area contributed by atoms with Crippen molar-refractivity contribution in [2.75, 3.05) is 23.5 Å². The summed E-state index contributed by atoms with van der Waals surface area (Å²) in [4.78, 5) is 10.0. The molecule has 6 heteroatoms. The number of hydrazine groups is 1. The van der Waals surface area contributed by atoms with Gasteiger partial charge in [-0.1, -0.05) is 0 Å². The molecule has 1 heterocycles. The van der Waals surface area contributed by atoms with Gasteiger partial charge in [-0.05, 0) is 13.8 Å². The maximum absolute atomic E-state index is 8.95. The SMILES string of the molecule is CC(C)N(CCO)c1cc(NN)ncn1. The third-order valence-corrected chi connectivity index (χ3v) is 2.06. The number of aromatic nitrogens is 2. The summed E-state index contributed by atoms with van der Waals surface area (Å²) in [5.41, 5.74) is 2.46. The van der Waals surface area contributed by atoms with E-state index in [-0.39, 0.29) is 12.6 Å². The summed E-state index contributed by atoms with van der Waals surface area (Å²) < 4.78 is 0. The van der Waals surface area contributed by atoms with E-state index in [1.807, 2.05) is 18.7 Å². The van der Waals surface area contributed by atoms with Crippen LogP contribution in [0.1, 0.15) is 13.8 Å². The average Bonchev–Trinajstić information content (AvgIpc) is 2.25. The Balaban J connectivity index is 2.89. The summed E-state index contributed by atoms with van der Waals surface area (Å²) in [6.07, 6.45) is 1.44. The van der Waals surface area contributed by atoms with Gasteiger partial charge in [0, 0.05) is 18.7 Å². The first kappa shape index (κ1) is 11.7. The zero-order valence-corrected chi connectivity index (χ0v) is 9.01. The van der Waals surface area contributed by atoms with Gasteiger partial charge in [0.25, 0.3) is 0 Å². The molecule has 4 N–H and O–H groups in total. The van der Waals surface area contributed by atoms with Crippen molar-refractivity contribution in [3.05, 3.63) is 12.4 Å². The predicted molar refractivity (Wildman–Crippen MR) is 59.4 cm³/mol. The molecule has 0 fully saturated rings. The molecule has 0 amide bonds. The van der Waals surface area contributed by atoms with Crippen molar-refractivity contribution >= 4 is 11.6 Å². The van der Waals surface area contributed by atoms with Crippen molar-refractivity contribution in [1.29, 1.82) is 0 Å². The topological polar surface area (TPSA) is 87.3 Å². The Kier molecular flexibility index (Phi) is 4.26. The number of nitrogen functional groups attached to an aromatic ring is 1. The Morgan fingerprint density at radius 3 is 2.80 bits per heavy atom. The van der Waals surface area contributed by atoms with Gasteiger partial charge in [0.05, 0.1) is 6.61 Å². The second kappa shape index (κ2) is 5.47. The first-order chi connectivity index (χ1) is 7.19. The number of aliphatic hydroxyl groups is 1. The Bertz CT molecular complexity index is 304. The van der Waals surface area contributed by atoms with Gasteiger partial charge < -0.3 is 15.4 Å². The van der Waals surface area contributed by atoms with Crippen molar-refractivity contribution in [3.63, 3.8) is 0 Å². The molecule has 6 nitrogen and oxygen atoms in total. The Hall–Kier alpha value is -1.40. The standard InChI is InChI=1S/C9H17N5O/c1-7(2)14(3-4-15)9-5-8(13-10)11-6-12-9/h5-7,15H,3-4,10H2,1-2H3,(H,11,12,13). The lowest BCUT2D eigenvalue weighted by Crippen LogP contribution is -2.34. The first-order valence-electron chi connectivity index (χ1n) is 4.85. The number of nitrogens with two attached hydrogens (primary N) is 1. The fraction of sp³-hybridized carbons (Fsp3) is 0.556. The van der Waals surface area contributed by atoms with Crippen molar-refractivity contribution in [3.8, 4) is 0 Å². The fourth-order valence-corrected chi connectivity index (χ4v) is 1.33. The van der Waals surface area contributed by atoms with E-state index in [0.29, 0.717) is 12.4 Å². The van der Waals surface area contributed by atoms with Gasteiger partial charge in [-0.2, -0.15) is 0 Å². The largest absolute Gasteiger partial charge is 0.395 e. The zero-order chi connectivity index (χ0) is 11.3. The number of hydrogen-bond donors (Lipinski definition) is 3. The quantitative estimate of drug-likeness (QED) is 0.468. The molecule has 0 bridgehead atoms. The van der Waals surface area contributed by atoms with Gasteiger partial charge in [-0.3, -0.25) is 0 Å². The number of nitrogens with one attached hydrogen (secondary N) is 1. The Morgan fingerprint density at radius 2 is 2.27 bits per heavy atom. The van der Waals surface area contributed by atoms with Crippen LogP contribution in [0, 0.1) is 0 Å². The molecule has 0 aromatic carbocycles. The van der Waals surface area contributed by atoms with E-state index < -0.39 is 0 Å². The second-order valence-corrected chi connectivity index (χ2v) is 3.42. The van der Waals surface area contributed by atoms with Crippen LogP contribution in [0.4, 0.5) is 11.6 Å². The van der Waals surface area contributed by atoms with Gasteiger partial charge in [0.1, 0.15) is 18.0 Å². The molecule has 0 aliphatic heterocycles. The van der Waals surface area contributed by atoms with Crippen LogP contribution < -0.4 is 16.2 Å². The van der Waals surface area contributed by atoms with Crippen LogP contribution in [0.2, 0.25) is 0 Å². The lowest BCUT2D eigenvalue weighted by atomic mass is 10.3. The van der Waals surface area contributed by atoms with Crippen molar-refractivity contribution < 1.29 is 5.11 Å².